The molecule has 2 heteroatoms. The fourth-order valence-corrected chi connectivity index (χ4v) is 13.0. The molecule has 0 spiro atoms. The molecule has 0 saturated carbocycles. The standard InChI is InChI=1S/C76H68N2/c1-45-27-46(2)32-59(31-45)63-39-64(60-33-47(3)28-48(4)34-60)42-67(41-63)77(75-53(9)15-13-16-54(75)10)71-25-21-57-20-24-70-72(26-22-58-19-23-69(71)73(57)74(58)70)78(76-55(11)17-14-18-56(76)12)68-43-65(61-35-49(5)29-50(6)36-61)40-66(44-68)62-37-51(7)30-52(8)38-62/h13-44H,1-12H3. The average Bonchev–Trinajstić information content (AvgIpc) is 3.39. The van der Waals surface area contributed by atoms with Gasteiger partial charge in [-0.3, -0.25) is 0 Å². The number of rotatable bonds is 10. The van der Waals surface area contributed by atoms with Gasteiger partial charge >= 0.3 is 0 Å². The highest BCUT2D eigenvalue weighted by atomic mass is 15.2. The molecule has 0 aromatic heterocycles. The molecular weight excluding hydrogens is 941 g/mol. The molecule has 0 bridgehead atoms. The van der Waals surface area contributed by atoms with Crippen molar-refractivity contribution in [2.24, 2.45) is 0 Å². The van der Waals surface area contributed by atoms with Gasteiger partial charge in [-0.05, 0) is 220 Å². The van der Waals surface area contributed by atoms with Gasteiger partial charge in [0.25, 0.3) is 0 Å². The van der Waals surface area contributed by atoms with Crippen LogP contribution in [0, 0.1) is 83.1 Å². The molecule has 0 amide bonds. The summed E-state index contributed by atoms with van der Waals surface area (Å²) in [5.74, 6) is 0. The molecule has 0 N–H and O–H groups in total. The summed E-state index contributed by atoms with van der Waals surface area (Å²) in [6.45, 7) is 26.7. The minimum absolute atomic E-state index is 1.12. The Morgan fingerprint density at radius 1 is 0.231 bits per heavy atom. The molecule has 0 aliphatic rings. The van der Waals surface area contributed by atoms with E-state index < -0.39 is 0 Å². The maximum Gasteiger partial charge on any atom is 0.0540 e. The Hall–Kier alpha value is -8.72. The number of anilines is 6. The third-order valence-electron chi connectivity index (χ3n) is 16.0. The van der Waals surface area contributed by atoms with Gasteiger partial charge in [0.1, 0.15) is 0 Å². The lowest BCUT2D eigenvalue weighted by Gasteiger charge is -2.32. The zero-order valence-electron chi connectivity index (χ0n) is 47.4. The van der Waals surface area contributed by atoms with Gasteiger partial charge in [0.05, 0.1) is 22.7 Å². The summed E-state index contributed by atoms with van der Waals surface area (Å²) in [6.07, 6.45) is 0. The molecule has 0 radical (unpaired) electrons. The number of hydrogen-bond donors (Lipinski definition) is 0. The Morgan fingerprint density at radius 2 is 0.474 bits per heavy atom. The first kappa shape index (κ1) is 50.1. The molecule has 382 valence electrons. The summed E-state index contributed by atoms with van der Waals surface area (Å²) < 4.78 is 0. The molecule has 0 aliphatic heterocycles. The lowest BCUT2D eigenvalue weighted by atomic mass is 9.90. The third-order valence-corrected chi connectivity index (χ3v) is 16.0. The van der Waals surface area contributed by atoms with Crippen molar-refractivity contribution in [3.63, 3.8) is 0 Å². The molecule has 12 aromatic carbocycles. The molecule has 2 nitrogen and oxygen atoms in total. The first-order valence-electron chi connectivity index (χ1n) is 27.6. The fourth-order valence-electron chi connectivity index (χ4n) is 13.0. The van der Waals surface area contributed by atoms with Crippen LogP contribution in [0.5, 0.6) is 0 Å². The maximum absolute atomic E-state index is 2.56. The van der Waals surface area contributed by atoms with Crippen LogP contribution in [0.1, 0.15) is 66.8 Å². The van der Waals surface area contributed by atoms with Crippen molar-refractivity contribution in [1.29, 1.82) is 0 Å². The lowest BCUT2D eigenvalue weighted by Crippen LogP contribution is -2.14. The largest absolute Gasteiger partial charge is 0.309 e. The van der Waals surface area contributed by atoms with E-state index in [9.17, 15) is 0 Å². The SMILES string of the molecule is Cc1cc(C)cc(-c2cc(-c3cc(C)cc(C)c3)cc(N(c3c(C)cccc3C)c3ccc4ccc5c(N(c6cc(-c7cc(C)cc(C)c7)cc(-c7cc(C)cc(C)c7)c6)c6c(C)cccc6C)ccc6ccc3c4c65)c2)c1. The van der Waals surface area contributed by atoms with Crippen LogP contribution in [0.2, 0.25) is 0 Å². The normalized spacial score (nSPS) is 11.6. The first-order chi connectivity index (χ1) is 37.5. The molecule has 0 heterocycles. The Morgan fingerprint density at radius 3 is 0.744 bits per heavy atom. The summed E-state index contributed by atoms with van der Waals surface area (Å²) in [5.41, 5.74) is 31.5. The van der Waals surface area contributed by atoms with Crippen molar-refractivity contribution in [3.05, 3.63) is 261 Å². The minimum atomic E-state index is 1.12. The average molecular weight is 1010 g/mol. The third kappa shape index (κ3) is 9.20. The van der Waals surface area contributed by atoms with E-state index in [4.69, 9.17) is 0 Å². The Labute approximate surface area is 462 Å². The number of hydrogen-bond acceptors (Lipinski definition) is 2. The number of aryl methyl sites for hydroxylation is 12. The van der Waals surface area contributed by atoms with Crippen molar-refractivity contribution >= 4 is 66.4 Å². The van der Waals surface area contributed by atoms with Gasteiger partial charge in [-0.15, -0.1) is 0 Å². The maximum atomic E-state index is 2.56. The van der Waals surface area contributed by atoms with E-state index in [1.165, 1.54) is 155 Å². The van der Waals surface area contributed by atoms with E-state index in [-0.39, 0.29) is 0 Å². The Kier molecular flexibility index (Phi) is 12.7. The molecule has 0 saturated heterocycles. The van der Waals surface area contributed by atoms with E-state index in [2.05, 4.69) is 287 Å². The molecule has 0 fully saturated rings. The van der Waals surface area contributed by atoms with Crippen molar-refractivity contribution in [1.82, 2.24) is 0 Å². The second-order valence-electron chi connectivity index (χ2n) is 22.8. The second kappa shape index (κ2) is 19.7. The number of nitrogens with zero attached hydrogens (tertiary/aromatic N) is 2. The van der Waals surface area contributed by atoms with Crippen LogP contribution in [-0.4, -0.2) is 0 Å². The van der Waals surface area contributed by atoms with Crippen LogP contribution in [0.15, 0.2) is 194 Å². The van der Waals surface area contributed by atoms with Crippen LogP contribution in [-0.2, 0) is 0 Å². The predicted octanol–water partition coefficient (Wildman–Crippen LogP) is 21.9. The van der Waals surface area contributed by atoms with Gasteiger partial charge in [0.2, 0.25) is 0 Å². The molecule has 0 unspecified atom stereocenters. The summed E-state index contributed by atoms with van der Waals surface area (Å²) >= 11 is 0. The molecule has 12 aromatic rings. The fraction of sp³-hybridized carbons (Fsp3) is 0.158. The van der Waals surface area contributed by atoms with Crippen molar-refractivity contribution < 1.29 is 0 Å². The first-order valence-corrected chi connectivity index (χ1v) is 27.6. The highest BCUT2D eigenvalue weighted by Crippen LogP contribution is 2.51. The van der Waals surface area contributed by atoms with Crippen LogP contribution in [0.3, 0.4) is 0 Å². The van der Waals surface area contributed by atoms with Gasteiger partial charge in [-0.1, -0.05) is 190 Å². The van der Waals surface area contributed by atoms with Gasteiger partial charge in [-0.2, -0.15) is 0 Å². The molecular formula is C76H68N2. The minimum Gasteiger partial charge on any atom is -0.309 e. The van der Waals surface area contributed by atoms with Gasteiger partial charge in [0, 0.05) is 22.1 Å². The molecule has 0 atom stereocenters. The summed E-state index contributed by atoms with van der Waals surface area (Å²) in [7, 11) is 0. The molecule has 78 heavy (non-hydrogen) atoms. The van der Waals surface area contributed by atoms with E-state index in [1.54, 1.807) is 0 Å². The predicted molar refractivity (Wildman–Crippen MR) is 338 cm³/mol. The van der Waals surface area contributed by atoms with E-state index >= 15 is 0 Å². The summed E-state index contributed by atoms with van der Waals surface area (Å²) in [6, 6.07) is 74.6. The van der Waals surface area contributed by atoms with Crippen LogP contribution >= 0.6 is 0 Å². The Bertz CT molecular complexity index is 3820. The zero-order chi connectivity index (χ0) is 54.3. The second-order valence-corrected chi connectivity index (χ2v) is 22.8. The summed E-state index contributed by atoms with van der Waals surface area (Å²) in [4.78, 5) is 5.12. The molecule has 12 rings (SSSR count). The van der Waals surface area contributed by atoms with Crippen LogP contribution in [0.25, 0.3) is 76.8 Å². The van der Waals surface area contributed by atoms with Crippen LogP contribution < -0.4 is 9.80 Å². The van der Waals surface area contributed by atoms with E-state index in [0.717, 1.165) is 22.7 Å². The highest BCUT2D eigenvalue weighted by molar-refractivity contribution is 6.28. The topological polar surface area (TPSA) is 6.48 Å². The molecule has 0 aliphatic carbocycles. The van der Waals surface area contributed by atoms with Crippen LogP contribution in [0.4, 0.5) is 34.1 Å². The lowest BCUT2D eigenvalue weighted by molar-refractivity contribution is 1.23. The van der Waals surface area contributed by atoms with E-state index in [1.807, 2.05) is 0 Å². The van der Waals surface area contributed by atoms with Gasteiger partial charge < -0.3 is 9.80 Å². The van der Waals surface area contributed by atoms with Crippen molar-refractivity contribution in [2.75, 3.05) is 9.80 Å². The number of benzene rings is 12. The zero-order valence-corrected chi connectivity index (χ0v) is 47.4. The van der Waals surface area contributed by atoms with Gasteiger partial charge in [0.15, 0.2) is 0 Å². The van der Waals surface area contributed by atoms with Crippen molar-refractivity contribution in [3.8, 4) is 44.5 Å². The van der Waals surface area contributed by atoms with Crippen molar-refractivity contribution in [2.45, 2.75) is 83.1 Å². The smallest absolute Gasteiger partial charge is 0.0540 e. The highest BCUT2D eigenvalue weighted by Gasteiger charge is 2.26. The quantitative estimate of drug-likeness (QED) is 0.126. The number of para-hydroxylation sites is 2. The van der Waals surface area contributed by atoms with E-state index in [0.29, 0.717) is 0 Å². The summed E-state index contributed by atoms with van der Waals surface area (Å²) in [5, 5.41) is 7.39. The monoisotopic (exact) mass is 1010 g/mol. The Balaban J connectivity index is 1.14. The van der Waals surface area contributed by atoms with Gasteiger partial charge in [-0.25, -0.2) is 0 Å².